The molecular weight excluding hydrogens is 347 g/mol. The van der Waals surface area contributed by atoms with Crippen molar-refractivity contribution < 1.29 is 18.7 Å². The number of hydrogen-bond donors (Lipinski definition) is 2. The van der Waals surface area contributed by atoms with Crippen LogP contribution in [0.1, 0.15) is 20.7 Å². The summed E-state index contributed by atoms with van der Waals surface area (Å²) in [4.78, 5) is 25.2. The van der Waals surface area contributed by atoms with Crippen LogP contribution in [0.3, 0.4) is 0 Å². The summed E-state index contributed by atoms with van der Waals surface area (Å²) < 4.78 is 18.2. The molecule has 2 amide bonds. The number of amides is 2. The average Bonchev–Trinajstić information content (AvgIpc) is 2.70. The van der Waals surface area contributed by atoms with Crippen LogP contribution in [-0.2, 0) is 0 Å². The van der Waals surface area contributed by atoms with Gasteiger partial charge in [-0.3, -0.25) is 9.59 Å². The first kappa shape index (κ1) is 18.1. The molecule has 3 aromatic rings. The summed E-state index contributed by atoms with van der Waals surface area (Å²) in [7, 11) is 1.48. The maximum absolute atomic E-state index is 13.0. The van der Waals surface area contributed by atoms with E-state index in [9.17, 15) is 14.0 Å². The van der Waals surface area contributed by atoms with Gasteiger partial charge in [-0.05, 0) is 48.5 Å². The Labute approximate surface area is 155 Å². The molecule has 0 unspecified atom stereocenters. The zero-order chi connectivity index (χ0) is 19.2. The Kier molecular flexibility index (Phi) is 5.47. The lowest BCUT2D eigenvalue weighted by molar-refractivity contribution is 0.102. The van der Waals surface area contributed by atoms with Gasteiger partial charge in [0.25, 0.3) is 11.8 Å². The van der Waals surface area contributed by atoms with E-state index in [0.29, 0.717) is 22.7 Å². The van der Waals surface area contributed by atoms with Crippen molar-refractivity contribution >= 4 is 23.2 Å². The van der Waals surface area contributed by atoms with E-state index in [4.69, 9.17) is 4.74 Å². The van der Waals surface area contributed by atoms with Gasteiger partial charge in [0.05, 0.1) is 23.9 Å². The Morgan fingerprint density at radius 3 is 2.07 bits per heavy atom. The van der Waals surface area contributed by atoms with Crippen LogP contribution in [0.5, 0.6) is 5.75 Å². The van der Waals surface area contributed by atoms with Gasteiger partial charge in [0, 0.05) is 5.69 Å². The lowest BCUT2D eigenvalue weighted by Gasteiger charge is -2.13. The lowest BCUT2D eigenvalue weighted by atomic mass is 10.1. The van der Waals surface area contributed by atoms with Crippen molar-refractivity contribution in [2.75, 3.05) is 17.7 Å². The van der Waals surface area contributed by atoms with Crippen molar-refractivity contribution in [3.63, 3.8) is 0 Å². The third kappa shape index (κ3) is 4.30. The predicted octanol–water partition coefficient (Wildman–Crippen LogP) is 4.34. The van der Waals surface area contributed by atoms with Crippen LogP contribution >= 0.6 is 0 Å². The number of benzene rings is 3. The molecule has 0 aromatic heterocycles. The number of nitrogens with one attached hydrogen (secondary N) is 2. The minimum atomic E-state index is -0.419. The van der Waals surface area contributed by atoms with E-state index in [0.717, 1.165) is 0 Å². The molecule has 0 heterocycles. The fraction of sp³-hybridized carbons (Fsp3) is 0.0476. The number of carbonyl (C=O) groups excluding carboxylic acids is 2. The third-order valence-corrected chi connectivity index (χ3v) is 3.87. The maximum Gasteiger partial charge on any atom is 0.259 e. The zero-order valence-electron chi connectivity index (χ0n) is 14.5. The summed E-state index contributed by atoms with van der Waals surface area (Å²) in [5, 5.41) is 5.42. The smallest absolute Gasteiger partial charge is 0.259 e. The van der Waals surface area contributed by atoms with Gasteiger partial charge in [0.2, 0.25) is 0 Å². The first-order chi connectivity index (χ1) is 13.1. The van der Waals surface area contributed by atoms with Gasteiger partial charge in [-0.1, -0.05) is 24.3 Å². The Morgan fingerprint density at radius 2 is 1.37 bits per heavy atom. The van der Waals surface area contributed by atoms with E-state index in [1.165, 1.54) is 31.4 Å². The quantitative estimate of drug-likeness (QED) is 0.708. The predicted molar refractivity (Wildman–Crippen MR) is 102 cm³/mol. The number of para-hydroxylation sites is 2. The molecule has 3 aromatic carbocycles. The van der Waals surface area contributed by atoms with E-state index in [2.05, 4.69) is 10.6 Å². The SMILES string of the molecule is COc1ccccc1C(=O)Nc1ccccc1C(=O)Nc1ccc(F)cc1. The monoisotopic (exact) mass is 364 g/mol. The number of rotatable bonds is 5. The second kappa shape index (κ2) is 8.14. The third-order valence-electron chi connectivity index (χ3n) is 3.87. The average molecular weight is 364 g/mol. The molecule has 136 valence electrons. The second-order valence-electron chi connectivity index (χ2n) is 5.66. The highest BCUT2D eigenvalue weighted by Gasteiger charge is 2.16. The van der Waals surface area contributed by atoms with Gasteiger partial charge in [-0.2, -0.15) is 0 Å². The van der Waals surface area contributed by atoms with Gasteiger partial charge in [-0.25, -0.2) is 4.39 Å². The number of hydrogen-bond acceptors (Lipinski definition) is 3. The highest BCUT2D eigenvalue weighted by atomic mass is 19.1. The summed E-state index contributed by atoms with van der Waals surface area (Å²) >= 11 is 0. The standard InChI is InChI=1S/C21H17FN2O3/c1-27-19-9-5-3-7-17(19)21(26)24-18-8-4-2-6-16(18)20(25)23-15-12-10-14(22)11-13-15/h2-13H,1H3,(H,23,25)(H,24,26). The van der Waals surface area contributed by atoms with Crippen molar-refractivity contribution in [3.05, 3.63) is 89.7 Å². The maximum atomic E-state index is 13.0. The van der Waals surface area contributed by atoms with Crippen LogP contribution in [0, 0.1) is 5.82 Å². The van der Waals surface area contributed by atoms with Crippen LogP contribution in [0.15, 0.2) is 72.8 Å². The Morgan fingerprint density at radius 1 is 0.778 bits per heavy atom. The summed E-state index contributed by atoms with van der Waals surface area (Å²) in [5.41, 5.74) is 1.44. The molecule has 6 heteroatoms. The molecule has 0 saturated carbocycles. The molecule has 3 rings (SSSR count). The highest BCUT2D eigenvalue weighted by molar-refractivity contribution is 6.13. The van der Waals surface area contributed by atoms with E-state index in [1.54, 1.807) is 48.5 Å². The van der Waals surface area contributed by atoms with Crippen molar-refractivity contribution in [1.29, 1.82) is 0 Å². The van der Waals surface area contributed by atoms with Gasteiger partial charge in [0.1, 0.15) is 11.6 Å². The molecule has 0 bridgehead atoms. The minimum Gasteiger partial charge on any atom is -0.496 e. The summed E-state index contributed by atoms with van der Waals surface area (Å²) in [6.45, 7) is 0. The van der Waals surface area contributed by atoms with Crippen LogP contribution in [0.2, 0.25) is 0 Å². The molecule has 2 N–H and O–H groups in total. The van der Waals surface area contributed by atoms with Gasteiger partial charge in [-0.15, -0.1) is 0 Å². The van der Waals surface area contributed by atoms with E-state index >= 15 is 0 Å². The molecular formula is C21H17FN2O3. The topological polar surface area (TPSA) is 67.4 Å². The fourth-order valence-electron chi connectivity index (χ4n) is 2.54. The molecule has 0 fully saturated rings. The number of ether oxygens (including phenoxy) is 1. The minimum absolute atomic E-state index is 0.282. The van der Waals surface area contributed by atoms with Gasteiger partial charge >= 0.3 is 0 Å². The molecule has 5 nitrogen and oxygen atoms in total. The second-order valence-corrected chi connectivity index (χ2v) is 5.66. The molecule has 0 spiro atoms. The molecule has 0 aliphatic heterocycles. The van der Waals surface area contributed by atoms with E-state index in [-0.39, 0.29) is 5.56 Å². The molecule has 0 aliphatic carbocycles. The first-order valence-electron chi connectivity index (χ1n) is 8.19. The molecule has 0 radical (unpaired) electrons. The zero-order valence-corrected chi connectivity index (χ0v) is 14.5. The molecule has 0 atom stereocenters. The van der Waals surface area contributed by atoms with Crippen molar-refractivity contribution in [3.8, 4) is 5.75 Å². The molecule has 27 heavy (non-hydrogen) atoms. The van der Waals surface area contributed by atoms with Gasteiger partial charge in [0.15, 0.2) is 0 Å². The number of anilines is 2. The number of carbonyl (C=O) groups is 2. The Hall–Kier alpha value is -3.67. The summed E-state index contributed by atoms with van der Waals surface area (Å²) in [5.74, 6) is -0.771. The Balaban J connectivity index is 1.82. The highest BCUT2D eigenvalue weighted by Crippen LogP contribution is 2.22. The summed E-state index contributed by atoms with van der Waals surface area (Å²) in [6, 6.07) is 18.9. The van der Waals surface area contributed by atoms with Gasteiger partial charge < -0.3 is 15.4 Å². The van der Waals surface area contributed by atoms with Crippen molar-refractivity contribution in [2.45, 2.75) is 0 Å². The normalized spacial score (nSPS) is 10.1. The van der Waals surface area contributed by atoms with Crippen LogP contribution in [0.4, 0.5) is 15.8 Å². The van der Waals surface area contributed by atoms with Crippen LogP contribution in [-0.4, -0.2) is 18.9 Å². The van der Waals surface area contributed by atoms with Crippen molar-refractivity contribution in [2.24, 2.45) is 0 Å². The largest absolute Gasteiger partial charge is 0.496 e. The van der Waals surface area contributed by atoms with E-state index in [1.807, 2.05) is 0 Å². The number of halogens is 1. The molecule has 0 saturated heterocycles. The molecule has 0 aliphatic rings. The Bertz CT molecular complexity index is 971. The van der Waals surface area contributed by atoms with Crippen LogP contribution in [0.25, 0.3) is 0 Å². The first-order valence-corrected chi connectivity index (χ1v) is 8.19. The van der Waals surface area contributed by atoms with Crippen LogP contribution < -0.4 is 15.4 Å². The van der Waals surface area contributed by atoms with E-state index < -0.39 is 17.6 Å². The fourth-order valence-corrected chi connectivity index (χ4v) is 2.54. The number of methoxy groups -OCH3 is 1. The van der Waals surface area contributed by atoms with Crippen molar-refractivity contribution in [1.82, 2.24) is 0 Å². The lowest BCUT2D eigenvalue weighted by Crippen LogP contribution is -2.18. The summed E-state index contributed by atoms with van der Waals surface area (Å²) in [6.07, 6.45) is 0.